The van der Waals surface area contributed by atoms with Crippen molar-refractivity contribution in [2.75, 3.05) is 26.8 Å². The number of nitrogens with zero attached hydrogens (tertiary/aromatic N) is 3. The van der Waals surface area contributed by atoms with Gasteiger partial charge in [-0.05, 0) is 38.0 Å². The zero-order valence-corrected chi connectivity index (χ0v) is 17.6. The highest BCUT2D eigenvalue weighted by Crippen LogP contribution is 2.40. The van der Waals surface area contributed by atoms with E-state index in [1.807, 2.05) is 0 Å². The van der Waals surface area contributed by atoms with Crippen molar-refractivity contribution in [2.45, 2.75) is 31.9 Å². The maximum absolute atomic E-state index is 13.7. The first kappa shape index (κ1) is 21.9. The highest BCUT2D eigenvalue weighted by Gasteiger charge is 2.38. The maximum Gasteiger partial charge on any atom is 0.417 e. The first-order chi connectivity index (χ1) is 15.3. The van der Waals surface area contributed by atoms with E-state index in [-0.39, 0.29) is 41.5 Å². The van der Waals surface area contributed by atoms with Crippen molar-refractivity contribution >= 4 is 17.0 Å². The van der Waals surface area contributed by atoms with Crippen LogP contribution in [-0.2, 0) is 11.0 Å². The van der Waals surface area contributed by atoms with Crippen LogP contribution in [0.15, 0.2) is 34.9 Å². The number of hydrogen-bond acceptors (Lipinski definition) is 6. The molecule has 0 spiro atoms. The third-order valence-corrected chi connectivity index (χ3v) is 5.49. The van der Waals surface area contributed by atoms with Crippen LogP contribution in [-0.4, -0.2) is 47.8 Å². The Morgan fingerprint density at radius 1 is 1.28 bits per heavy atom. The molecule has 7 nitrogen and oxygen atoms in total. The lowest BCUT2D eigenvalue weighted by Crippen LogP contribution is -2.41. The Bertz CT molecular complexity index is 1130. The lowest BCUT2D eigenvalue weighted by atomic mass is 9.91. The number of carbonyl (C=O) groups is 1. The number of fused-ring (bicyclic) bond motifs is 1. The van der Waals surface area contributed by atoms with Crippen molar-refractivity contribution in [3.05, 3.63) is 47.3 Å². The van der Waals surface area contributed by atoms with E-state index in [0.717, 1.165) is 6.07 Å². The molecule has 0 unspecified atom stereocenters. The molecule has 1 saturated heterocycles. The number of alkyl halides is 3. The number of aryl methyl sites for hydroxylation is 1. The number of aromatic nitrogens is 2. The fourth-order valence-electron chi connectivity index (χ4n) is 3.99. The molecule has 1 amide bonds. The molecule has 1 aromatic carbocycles. The van der Waals surface area contributed by atoms with Gasteiger partial charge in [-0.2, -0.15) is 13.2 Å². The lowest BCUT2D eigenvalue weighted by molar-refractivity contribution is -0.136. The van der Waals surface area contributed by atoms with E-state index in [0.29, 0.717) is 30.9 Å². The first-order valence-electron chi connectivity index (χ1n) is 10.2. The number of hydrogen-bond donors (Lipinski definition) is 0. The Kier molecular flexibility index (Phi) is 5.94. The molecular formula is C22H22F3N3O4. The second-order valence-electron chi connectivity index (χ2n) is 7.68. The first-order valence-corrected chi connectivity index (χ1v) is 10.2. The highest BCUT2D eigenvalue weighted by molar-refractivity contribution is 5.82. The Hall–Kier alpha value is -3.30. The van der Waals surface area contributed by atoms with Crippen molar-refractivity contribution in [1.29, 1.82) is 0 Å². The van der Waals surface area contributed by atoms with Gasteiger partial charge in [-0.15, -0.1) is 0 Å². The normalized spacial score (nSPS) is 16.9. The van der Waals surface area contributed by atoms with Crippen molar-refractivity contribution < 1.29 is 32.0 Å². The number of methoxy groups -OCH3 is 1. The molecular weight excluding hydrogens is 427 g/mol. The largest absolute Gasteiger partial charge is 0.493 e. The summed E-state index contributed by atoms with van der Waals surface area (Å²) in [6, 6.07) is 7.97. The molecule has 3 heterocycles. The number of pyridine rings is 1. The van der Waals surface area contributed by atoms with Crippen LogP contribution in [0.1, 0.15) is 35.7 Å². The van der Waals surface area contributed by atoms with E-state index in [1.165, 1.54) is 14.0 Å². The zero-order valence-electron chi connectivity index (χ0n) is 17.6. The second-order valence-corrected chi connectivity index (χ2v) is 7.68. The Morgan fingerprint density at radius 3 is 2.75 bits per heavy atom. The molecule has 1 aliphatic rings. The van der Waals surface area contributed by atoms with Crippen LogP contribution in [0.5, 0.6) is 11.5 Å². The van der Waals surface area contributed by atoms with Crippen LogP contribution < -0.4 is 9.47 Å². The molecule has 1 atom stereocenters. The van der Waals surface area contributed by atoms with Crippen LogP contribution in [0.4, 0.5) is 13.2 Å². The van der Waals surface area contributed by atoms with Crippen LogP contribution in [0, 0.1) is 6.92 Å². The van der Waals surface area contributed by atoms with E-state index in [4.69, 9.17) is 14.0 Å². The molecule has 3 aromatic rings. The minimum absolute atomic E-state index is 0.132. The summed E-state index contributed by atoms with van der Waals surface area (Å²) in [5, 5.41) is 3.79. The van der Waals surface area contributed by atoms with E-state index in [2.05, 4.69) is 10.1 Å². The molecule has 0 saturated carbocycles. The molecule has 0 radical (unpaired) electrons. The molecule has 1 fully saturated rings. The third-order valence-electron chi connectivity index (χ3n) is 5.49. The minimum Gasteiger partial charge on any atom is -0.493 e. The standard InChI is InChI=1S/C22H22F3N3O4/c1-13-10-15(22(23,24)25)19-20(27-32-21(19)26-13)14-6-5-9-28(11-14)18(29)12-31-17-8-4-3-7-16(17)30-2/h3-4,7-8,10,14H,5-6,9,11-12H2,1-2H3/t14-/m1/s1. The topological polar surface area (TPSA) is 77.7 Å². The van der Waals surface area contributed by atoms with Gasteiger partial charge >= 0.3 is 6.18 Å². The molecule has 4 rings (SSSR count). The van der Waals surface area contributed by atoms with Gasteiger partial charge in [0.25, 0.3) is 11.6 Å². The van der Waals surface area contributed by atoms with E-state index < -0.39 is 17.7 Å². The number of benzene rings is 1. The van der Waals surface area contributed by atoms with Gasteiger partial charge in [0.2, 0.25) is 0 Å². The molecule has 2 aromatic heterocycles. The van der Waals surface area contributed by atoms with Crippen LogP contribution in [0.2, 0.25) is 0 Å². The SMILES string of the molecule is COc1ccccc1OCC(=O)N1CCC[C@@H](c2noc3nc(C)cc(C(F)(F)F)c23)C1. The zero-order chi connectivity index (χ0) is 22.9. The molecule has 0 N–H and O–H groups in total. The van der Waals surface area contributed by atoms with E-state index in [1.54, 1.807) is 29.2 Å². The van der Waals surface area contributed by atoms with Crippen molar-refractivity contribution in [1.82, 2.24) is 15.0 Å². The predicted molar refractivity (Wildman–Crippen MR) is 109 cm³/mol. The average Bonchev–Trinajstić information content (AvgIpc) is 3.20. The van der Waals surface area contributed by atoms with Gasteiger partial charge in [0.05, 0.1) is 23.8 Å². The number of ether oxygens (including phenoxy) is 2. The number of rotatable bonds is 5. The summed E-state index contributed by atoms with van der Waals surface area (Å²) in [7, 11) is 1.51. The van der Waals surface area contributed by atoms with Gasteiger partial charge < -0.3 is 18.9 Å². The van der Waals surface area contributed by atoms with Gasteiger partial charge in [-0.25, -0.2) is 4.98 Å². The summed E-state index contributed by atoms with van der Waals surface area (Å²) in [6.07, 6.45) is -3.36. The second kappa shape index (κ2) is 8.68. The molecule has 0 aliphatic carbocycles. The van der Waals surface area contributed by atoms with Crippen LogP contribution in [0.3, 0.4) is 0 Å². The fraction of sp³-hybridized carbons (Fsp3) is 0.409. The Labute approximate surface area is 182 Å². The molecule has 0 bridgehead atoms. The molecule has 1 aliphatic heterocycles. The number of piperidine rings is 1. The number of para-hydroxylation sites is 2. The van der Waals surface area contributed by atoms with Crippen molar-refractivity contribution in [3.8, 4) is 11.5 Å². The number of amides is 1. The minimum atomic E-state index is -4.57. The van der Waals surface area contributed by atoms with Gasteiger partial charge in [0.1, 0.15) is 0 Å². The smallest absolute Gasteiger partial charge is 0.417 e. The lowest BCUT2D eigenvalue weighted by Gasteiger charge is -2.32. The molecule has 10 heteroatoms. The number of halogens is 3. The highest BCUT2D eigenvalue weighted by atomic mass is 19.4. The number of carbonyl (C=O) groups excluding carboxylic acids is 1. The quantitative estimate of drug-likeness (QED) is 0.577. The fourth-order valence-corrected chi connectivity index (χ4v) is 3.99. The maximum atomic E-state index is 13.7. The molecule has 170 valence electrons. The average molecular weight is 449 g/mol. The van der Waals surface area contributed by atoms with Crippen molar-refractivity contribution in [3.63, 3.8) is 0 Å². The van der Waals surface area contributed by atoms with Gasteiger partial charge in [0.15, 0.2) is 18.1 Å². The summed E-state index contributed by atoms with van der Waals surface area (Å²) in [6.45, 7) is 1.98. The third kappa shape index (κ3) is 4.35. The number of likely N-dealkylation sites (tertiary alicyclic amines) is 1. The van der Waals surface area contributed by atoms with E-state index in [9.17, 15) is 18.0 Å². The summed E-state index contributed by atoms with van der Waals surface area (Å²) >= 11 is 0. The van der Waals surface area contributed by atoms with Gasteiger partial charge in [0, 0.05) is 24.7 Å². The summed E-state index contributed by atoms with van der Waals surface area (Å²) in [4.78, 5) is 18.4. The Balaban J connectivity index is 1.53. The van der Waals surface area contributed by atoms with Crippen LogP contribution in [0.25, 0.3) is 11.1 Å². The summed E-state index contributed by atoms with van der Waals surface area (Å²) < 4.78 is 56.9. The molecule has 32 heavy (non-hydrogen) atoms. The van der Waals surface area contributed by atoms with Gasteiger partial charge in [-0.1, -0.05) is 17.3 Å². The van der Waals surface area contributed by atoms with Gasteiger partial charge in [-0.3, -0.25) is 4.79 Å². The summed E-state index contributed by atoms with van der Waals surface area (Å²) in [5.41, 5.74) is -0.584. The monoisotopic (exact) mass is 449 g/mol. The predicted octanol–water partition coefficient (Wildman–Crippen LogP) is 4.34. The summed E-state index contributed by atoms with van der Waals surface area (Å²) in [5.74, 6) is 0.285. The van der Waals surface area contributed by atoms with Crippen molar-refractivity contribution in [2.24, 2.45) is 0 Å². The Morgan fingerprint density at radius 2 is 2.03 bits per heavy atom. The van der Waals surface area contributed by atoms with E-state index >= 15 is 0 Å². The van der Waals surface area contributed by atoms with Crippen LogP contribution >= 0.6 is 0 Å².